The number of fused-ring (bicyclic) bond motifs is 2. The molecule has 0 spiro atoms. The Kier molecular flexibility index (Phi) is 2.92. The van der Waals surface area contributed by atoms with Gasteiger partial charge in [-0.25, -0.2) is 4.98 Å². The first-order valence-electron chi connectivity index (χ1n) is 8.12. The minimum absolute atomic E-state index is 0.0942. The van der Waals surface area contributed by atoms with E-state index >= 15 is 0 Å². The number of pyridine rings is 1. The third-order valence-corrected chi connectivity index (χ3v) is 4.82. The van der Waals surface area contributed by atoms with Gasteiger partial charge in [0.25, 0.3) is 0 Å². The van der Waals surface area contributed by atoms with Gasteiger partial charge in [-0.3, -0.25) is 0 Å². The molecular weight excluding hydrogens is 309 g/mol. The smallest absolute Gasteiger partial charge is 0.138 e. The number of phenols is 1. The topological polar surface area (TPSA) is 60.9 Å². The second kappa shape index (κ2) is 5.15. The summed E-state index contributed by atoms with van der Waals surface area (Å²) in [6.07, 6.45) is 3.82. The molecule has 2 aromatic heterocycles. The van der Waals surface area contributed by atoms with Crippen LogP contribution in [0.2, 0.25) is 0 Å². The highest BCUT2D eigenvalue weighted by Gasteiger charge is 2.25. The fourth-order valence-electron chi connectivity index (χ4n) is 3.63. The van der Waals surface area contributed by atoms with E-state index in [0.29, 0.717) is 5.46 Å². The zero-order chi connectivity index (χ0) is 17.0. The fourth-order valence-corrected chi connectivity index (χ4v) is 3.63. The Morgan fingerprint density at radius 2 is 1.92 bits per heavy atom. The average Bonchev–Trinajstić information content (AvgIpc) is 3.00. The SMILES string of the molecule is [B]c1cc(C2Nc3ccccc3-c3ccnc4[nH]cc2c34)ccc1O. The molecule has 118 valence electrons. The third-order valence-electron chi connectivity index (χ3n) is 4.82. The van der Waals surface area contributed by atoms with E-state index in [1.165, 1.54) is 0 Å². The number of rotatable bonds is 1. The zero-order valence-electron chi connectivity index (χ0n) is 13.3. The van der Waals surface area contributed by atoms with E-state index < -0.39 is 0 Å². The van der Waals surface area contributed by atoms with E-state index in [4.69, 9.17) is 7.85 Å². The van der Waals surface area contributed by atoms with E-state index in [9.17, 15) is 5.11 Å². The van der Waals surface area contributed by atoms with E-state index in [2.05, 4.69) is 27.4 Å². The molecule has 3 heterocycles. The highest BCUT2D eigenvalue weighted by atomic mass is 16.3. The van der Waals surface area contributed by atoms with Crippen LogP contribution in [0.3, 0.4) is 0 Å². The molecule has 2 aromatic carbocycles. The fraction of sp³-hybridized carbons (Fsp3) is 0.0500. The summed E-state index contributed by atoms with van der Waals surface area (Å²) < 4.78 is 0. The quantitative estimate of drug-likeness (QED) is 0.471. The van der Waals surface area contributed by atoms with Crippen LogP contribution in [0.4, 0.5) is 5.69 Å². The summed E-state index contributed by atoms with van der Waals surface area (Å²) in [4.78, 5) is 7.74. The Bertz CT molecular complexity index is 1120. The molecule has 1 unspecified atom stereocenters. The van der Waals surface area contributed by atoms with Gasteiger partial charge in [0.15, 0.2) is 0 Å². The van der Waals surface area contributed by atoms with Gasteiger partial charge in [-0.15, -0.1) is 0 Å². The first-order valence-corrected chi connectivity index (χ1v) is 8.12. The lowest BCUT2D eigenvalue weighted by Gasteiger charge is -2.20. The number of nitrogens with one attached hydrogen (secondary N) is 2. The van der Waals surface area contributed by atoms with Gasteiger partial charge in [0.05, 0.1) is 6.04 Å². The van der Waals surface area contributed by atoms with Crippen LogP contribution in [0.5, 0.6) is 5.75 Å². The molecule has 5 rings (SSSR count). The molecule has 0 saturated heterocycles. The van der Waals surface area contributed by atoms with Crippen molar-refractivity contribution in [1.82, 2.24) is 9.97 Å². The van der Waals surface area contributed by atoms with Crippen molar-refractivity contribution in [1.29, 1.82) is 0 Å². The molecule has 4 nitrogen and oxygen atoms in total. The number of aromatic nitrogens is 2. The Morgan fingerprint density at radius 3 is 2.80 bits per heavy atom. The Morgan fingerprint density at radius 1 is 1.04 bits per heavy atom. The maximum atomic E-state index is 9.76. The van der Waals surface area contributed by atoms with Crippen LogP contribution < -0.4 is 10.8 Å². The molecule has 0 bridgehead atoms. The Balaban J connectivity index is 1.83. The minimum Gasteiger partial charge on any atom is -0.509 e. The summed E-state index contributed by atoms with van der Waals surface area (Å²) >= 11 is 0. The maximum absolute atomic E-state index is 9.76. The second-order valence-electron chi connectivity index (χ2n) is 6.27. The van der Waals surface area contributed by atoms with Gasteiger partial charge >= 0.3 is 0 Å². The predicted octanol–water partition coefficient (Wildman–Crippen LogP) is 3.24. The molecule has 4 aromatic rings. The number of benzene rings is 2. The lowest BCUT2D eigenvalue weighted by Crippen LogP contribution is -2.14. The Hall–Kier alpha value is -3.21. The standard InChI is InChI=1S/C20H14BN3O/c21-15-9-11(5-6-17(15)25)19-14-10-23-20-18(14)13(7-8-22-20)12-3-1-2-4-16(12)24-19/h1-10,19,24-25H,(H,22,23). The van der Waals surface area contributed by atoms with Gasteiger partial charge in [0.2, 0.25) is 0 Å². The number of aromatic amines is 1. The van der Waals surface area contributed by atoms with Crippen molar-refractivity contribution >= 4 is 30.0 Å². The van der Waals surface area contributed by atoms with Crippen molar-refractivity contribution in [3.05, 3.63) is 72.1 Å². The van der Waals surface area contributed by atoms with Gasteiger partial charge in [-0.2, -0.15) is 0 Å². The minimum atomic E-state index is -0.0942. The van der Waals surface area contributed by atoms with Gasteiger partial charge in [-0.05, 0) is 29.3 Å². The molecule has 2 radical (unpaired) electrons. The lowest BCUT2D eigenvalue weighted by molar-refractivity contribution is 0.479. The van der Waals surface area contributed by atoms with Crippen molar-refractivity contribution in [2.75, 3.05) is 5.32 Å². The number of phenolic OH excluding ortho intramolecular Hbond substituents is 1. The number of nitrogens with zero attached hydrogens (tertiary/aromatic N) is 1. The van der Waals surface area contributed by atoms with Crippen molar-refractivity contribution in [3.63, 3.8) is 0 Å². The molecule has 0 aliphatic carbocycles. The first kappa shape index (κ1) is 14.2. The molecule has 25 heavy (non-hydrogen) atoms. The third kappa shape index (κ3) is 2.05. The van der Waals surface area contributed by atoms with E-state index in [-0.39, 0.29) is 11.8 Å². The summed E-state index contributed by atoms with van der Waals surface area (Å²) in [7, 11) is 5.93. The average molecular weight is 323 g/mol. The van der Waals surface area contributed by atoms with Crippen LogP contribution in [0.25, 0.3) is 22.2 Å². The summed E-state index contributed by atoms with van der Waals surface area (Å²) in [6.45, 7) is 0. The number of para-hydroxylation sites is 1. The zero-order valence-corrected chi connectivity index (χ0v) is 13.3. The Labute approximate surface area is 146 Å². The number of hydrogen-bond donors (Lipinski definition) is 3. The van der Waals surface area contributed by atoms with Gasteiger partial charge in [0, 0.05) is 34.6 Å². The monoisotopic (exact) mass is 323 g/mol. The predicted molar refractivity (Wildman–Crippen MR) is 100 cm³/mol. The van der Waals surface area contributed by atoms with Crippen molar-refractivity contribution in [2.24, 2.45) is 0 Å². The summed E-state index contributed by atoms with van der Waals surface area (Å²) in [6, 6.07) is 15.6. The van der Waals surface area contributed by atoms with Crippen LogP contribution in [-0.4, -0.2) is 22.9 Å². The molecule has 0 saturated carbocycles. The van der Waals surface area contributed by atoms with E-state index in [1.54, 1.807) is 6.07 Å². The summed E-state index contributed by atoms with van der Waals surface area (Å²) in [5.74, 6) is 0.0963. The van der Waals surface area contributed by atoms with Crippen molar-refractivity contribution in [3.8, 4) is 16.9 Å². The first-order chi connectivity index (χ1) is 12.2. The van der Waals surface area contributed by atoms with Crippen LogP contribution in [0.1, 0.15) is 17.2 Å². The van der Waals surface area contributed by atoms with Gasteiger partial charge in [0.1, 0.15) is 19.2 Å². The molecular formula is C20H14BN3O. The highest BCUT2D eigenvalue weighted by Crippen LogP contribution is 2.43. The molecule has 1 atom stereocenters. The van der Waals surface area contributed by atoms with Gasteiger partial charge < -0.3 is 15.4 Å². The summed E-state index contributed by atoms with van der Waals surface area (Å²) in [5, 5.41) is 14.5. The number of anilines is 1. The van der Waals surface area contributed by atoms with Crippen LogP contribution >= 0.6 is 0 Å². The van der Waals surface area contributed by atoms with Crippen LogP contribution in [0.15, 0.2) is 60.9 Å². The molecule has 0 fully saturated rings. The number of hydrogen-bond acceptors (Lipinski definition) is 3. The molecule has 5 heteroatoms. The molecule has 1 aliphatic rings. The lowest BCUT2D eigenvalue weighted by atomic mass is 9.89. The van der Waals surface area contributed by atoms with Crippen LogP contribution in [-0.2, 0) is 0 Å². The summed E-state index contributed by atoms with van der Waals surface area (Å²) in [5.41, 5.74) is 6.69. The normalized spacial score (nSPS) is 15.4. The maximum Gasteiger partial charge on any atom is 0.138 e. The molecule has 1 aliphatic heterocycles. The van der Waals surface area contributed by atoms with E-state index in [0.717, 1.165) is 39.0 Å². The van der Waals surface area contributed by atoms with Crippen molar-refractivity contribution in [2.45, 2.75) is 6.04 Å². The van der Waals surface area contributed by atoms with Crippen LogP contribution in [0, 0.1) is 0 Å². The second-order valence-corrected chi connectivity index (χ2v) is 6.27. The largest absolute Gasteiger partial charge is 0.509 e. The van der Waals surface area contributed by atoms with Gasteiger partial charge in [-0.1, -0.05) is 35.8 Å². The number of H-pyrrole nitrogens is 1. The molecule has 0 amide bonds. The van der Waals surface area contributed by atoms with E-state index in [1.807, 2.05) is 42.7 Å². The molecule has 3 N–H and O–H groups in total. The highest BCUT2D eigenvalue weighted by molar-refractivity contribution is 6.34. The van der Waals surface area contributed by atoms with Crippen molar-refractivity contribution < 1.29 is 5.11 Å². The number of aromatic hydroxyl groups is 1.